The standard InChI is InChI=1S/C16H19NS/c1-11-7-8-15(17)16(9-11)18-10-14-12(2)5-4-6-13(14)3/h4-9H,10,17H2,1-3H3. The number of benzene rings is 2. The van der Waals surface area contributed by atoms with Crippen molar-refractivity contribution < 1.29 is 0 Å². The van der Waals surface area contributed by atoms with Crippen LogP contribution >= 0.6 is 11.8 Å². The van der Waals surface area contributed by atoms with Gasteiger partial charge >= 0.3 is 0 Å². The van der Waals surface area contributed by atoms with Crippen LogP contribution in [-0.2, 0) is 5.75 Å². The van der Waals surface area contributed by atoms with E-state index in [-0.39, 0.29) is 0 Å². The lowest BCUT2D eigenvalue weighted by Crippen LogP contribution is -1.93. The third-order valence-corrected chi connectivity index (χ3v) is 4.28. The summed E-state index contributed by atoms with van der Waals surface area (Å²) in [7, 11) is 0. The van der Waals surface area contributed by atoms with Crippen molar-refractivity contribution in [3.05, 3.63) is 58.7 Å². The summed E-state index contributed by atoms with van der Waals surface area (Å²) in [6, 6.07) is 12.7. The molecule has 18 heavy (non-hydrogen) atoms. The molecule has 0 aliphatic heterocycles. The second kappa shape index (κ2) is 5.49. The van der Waals surface area contributed by atoms with Gasteiger partial charge < -0.3 is 5.73 Å². The largest absolute Gasteiger partial charge is 0.398 e. The monoisotopic (exact) mass is 257 g/mol. The Balaban J connectivity index is 2.19. The Morgan fingerprint density at radius 1 is 1.00 bits per heavy atom. The van der Waals surface area contributed by atoms with Gasteiger partial charge in [0, 0.05) is 16.3 Å². The van der Waals surface area contributed by atoms with Crippen molar-refractivity contribution in [1.82, 2.24) is 0 Å². The molecule has 0 aromatic heterocycles. The second-order valence-corrected chi connectivity index (χ2v) is 5.72. The molecule has 0 aliphatic carbocycles. The van der Waals surface area contributed by atoms with Gasteiger partial charge in [0.2, 0.25) is 0 Å². The highest BCUT2D eigenvalue weighted by Gasteiger charge is 2.05. The zero-order chi connectivity index (χ0) is 13.1. The number of rotatable bonds is 3. The van der Waals surface area contributed by atoms with Gasteiger partial charge in [-0.15, -0.1) is 11.8 Å². The summed E-state index contributed by atoms with van der Waals surface area (Å²) in [6.45, 7) is 6.44. The fourth-order valence-electron chi connectivity index (χ4n) is 1.99. The molecule has 1 nitrogen and oxygen atoms in total. The van der Waals surface area contributed by atoms with Crippen LogP contribution in [0.25, 0.3) is 0 Å². The maximum atomic E-state index is 6.01. The molecule has 94 valence electrons. The minimum atomic E-state index is 0.872. The minimum Gasteiger partial charge on any atom is -0.398 e. The number of hydrogen-bond donors (Lipinski definition) is 1. The van der Waals surface area contributed by atoms with Gasteiger partial charge in [-0.25, -0.2) is 0 Å². The van der Waals surface area contributed by atoms with Crippen LogP contribution in [0.2, 0.25) is 0 Å². The van der Waals surface area contributed by atoms with Crippen molar-refractivity contribution in [1.29, 1.82) is 0 Å². The normalized spacial score (nSPS) is 10.6. The first-order valence-electron chi connectivity index (χ1n) is 6.12. The molecule has 0 saturated carbocycles. The van der Waals surface area contributed by atoms with Crippen LogP contribution in [-0.4, -0.2) is 0 Å². The topological polar surface area (TPSA) is 26.0 Å². The van der Waals surface area contributed by atoms with E-state index in [1.165, 1.54) is 27.1 Å². The lowest BCUT2D eigenvalue weighted by molar-refractivity contribution is 1.23. The number of nitrogen functional groups attached to an aromatic ring is 1. The van der Waals surface area contributed by atoms with Crippen LogP contribution in [0.5, 0.6) is 0 Å². The first kappa shape index (κ1) is 13.0. The molecule has 0 aliphatic rings. The molecule has 2 heteroatoms. The quantitative estimate of drug-likeness (QED) is 0.648. The van der Waals surface area contributed by atoms with E-state index in [4.69, 9.17) is 5.73 Å². The van der Waals surface area contributed by atoms with E-state index in [1.54, 1.807) is 0 Å². The fraction of sp³-hybridized carbons (Fsp3) is 0.250. The molecule has 2 aromatic carbocycles. The summed E-state index contributed by atoms with van der Waals surface area (Å²) in [5.74, 6) is 0.978. The third kappa shape index (κ3) is 2.88. The Labute approximate surface area is 113 Å². The van der Waals surface area contributed by atoms with Gasteiger partial charge in [0.15, 0.2) is 0 Å². The maximum Gasteiger partial charge on any atom is 0.0452 e. The summed E-state index contributed by atoms with van der Waals surface area (Å²) in [5.41, 5.74) is 12.3. The zero-order valence-corrected chi connectivity index (χ0v) is 12.0. The number of thioether (sulfide) groups is 1. The zero-order valence-electron chi connectivity index (χ0n) is 11.2. The predicted molar refractivity (Wildman–Crippen MR) is 81.1 cm³/mol. The summed E-state index contributed by atoms with van der Waals surface area (Å²) in [5, 5.41) is 0. The van der Waals surface area contributed by atoms with Crippen molar-refractivity contribution in [3.63, 3.8) is 0 Å². The summed E-state index contributed by atoms with van der Waals surface area (Å²) >= 11 is 1.82. The molecule has 0 atom stereocenters. The van der Waals surface area contributed by atoms with E-state index in [9.17, 15) is 0 Å². The Kier molecular flexibility index (Phi) is 3.97. The maximum absolute atomic E-state index is 6.01. The van der Waals surface area contributed by atoms with Crippen molar-refractivity contribution in [2.24, 2.45) is 0 Å². The highest BCUT2D eigenvalue weighted by molar-refractivity contribution is 7.98. The third-order valence-electron chi connectivity index (χ3n) is 3.19. The van der Waals surface area contributed by atoms with Crippen molar-refractivity contribution >= 4 is 17.4 Å². The highest BCUT2D eigenvalue weighted by atomic mass is 32.2. The average Bonchev–Trinajstić information content (AvgIpc) is 2.33. The van der Waals surface area contributed by atoms with Gasteiger partial charge in [0.25, 0.3) is 0 Å². The summed E-state index contributed by atoms with van der Waals surface area (Å²) in [6.07, 6.45) is 0. The Morgan fingerprint density at radius 3 is 2.33 bits per heavy atom. The molecule has 0 heterocycles. The second-order valence-electron chi connectivity index (χ2n) is 4.70. The molecule has 0 unspecified atom stereocenters. The van der Waals surface area contributed by atoms with Crippen LogP contribution in [0.15, 0.2) is 41.3 Å². The van der Waals surface area contributed by atoms with E-state index in [1.807, 2.05) is 17.8 Å². The van der Waals surface area contributed by atoms with E-state index in [2.05, 4.69) is 51.1 Å². The molecule has 0 fully saturated rings. The van der Waals surface area contributed by atoms with Crippen LogP contribution in [0.4, 0.5) is 5.69 Å². The Morgan fingerprint density at radius 2 is 1.67 bits per heavy atom. The number of hydrogen-bond acceptors (Lipinski definition) is 2. The number of anilines is 1. The first-order valence-corrected chi connectivity index (χ1v) is 7.10. The van der Waals surface area contributed by atoms with Gasteiger partial charge in [-0.2, -0.15) is 0 Å². The van der Waals surface area contributed by atoms with Gasteiger partial charge in [0.1, 0.15) is 0 Å². The van der Waals surface area contributed by atoms with Crippen LogP contribution < -0.4 is 5.73 Å². The average molecular weight is 257 g/mol. The van der Waals surface area contributed by atoms with Crippen molar-refractivity contribution in [2.75, 3.05) is 5.73 Å². The van der Waals surface area contributed by atoms with E-state index in [0.717, 1.165) is 11.4 Å². The highest BCUT2D eigenvalue weighted by Crippen LogP contribution is 2.30. The molecule has 0 saturated heterocycles. The lowest BCUT2D eigenvalue weighted by atomic mass is 10.1. The lowest BCUT2D eigenvalue weighted by Gasteiger charge is -2.11. The summed E-state index contributed by atoms with van der Waals surface area (Å²) in [4.78, 5) is 1.18. The first-order chi connectivity index (χ1) is 8.58. The van der Waals surface area contributed by atoms with Crippen LogP contribution in [0, 0.1) is 20.8 Å². The van der Waals surface area contributed by atoms with Gasteiger partial charge in [-0.1, -0.05) is 24.3 Å². The molecule has 2 rings (SSSR count). The molecule has 0 spiro atoms. The van der Waals surface area contributed by atoms with E-state index >= 15 is 0 Å². The molecule has 0 amide bonds. The Hall–Kier alpha value is -1.41. The van der Waals surface area contributed by atoms with Crippen molar-refractivity contribution in [3.8, 4) is 0 Å². The number of aryl methyl sites for hydroxylation is 3. The van der Waals surface area contributed by atoms with Gasteiger partial charge in [-0.05, 0) is 55.2 Å². The van der Waals surface area contributed by atoms with Gasteiger partial charge in [-0.3, -0.25) is 0 Å². The van der Waals surface area contributed by atoms with E-state index < -0.39 is 0 Å². The van der Waals surface area contributed by atoms with E-state index in [0.29, 0.717) is 0 Å². The van der Waals surface area contributed by atoms with Crippen LogP contribution in [0.1, 0.15) is 22.3 Å². The summed E-state index contributed by atoms with van der Waals surface area (Å²) < 4.78 is 0. The molecule has 0 bridgehead atoms. The molecule has 2 aromatic rings. The predicted octanol–water partition coefficient (Wildman–Crippen LogP) is 4.49. The van der Waals surface area contributed by atoms with Crippen molar-refractivity contribution in [2.45, 2.75) is 31.4 Å². The molecule has 0 radical (unpaired) electrons. The number of nitrogens with two attached hydrogens (primary N) is 1. The van der Waals surface area contributed by atoms with Crippen LogP contribution in [0.3, 0.4) is 0 Å². The fourth-order valence-corrected chi connectivity index (χ4v) is 3.25. The molecular weight excluding hydrogens is 238 g/mol. The molecule has 2 N–H and O–H groups in total. The van der Waals surface area contributed by atoms with Gasteiger partial charge in [0.05, 0.1) is 0 Å². The molecular formula is C16H19NS. The SMILES string of the molecule is Cc1ccc(N)c(SCc2c(C)cccc2C)c1. The smallest absolute Gasteiger partial charge is 0.0452 e. The Bertz CT molecular complexity index is 541. The minimum absolute atomic E-state index is 0.872.